The first-order valence-corrected chi connectivity index (χ1v) is 11.3. The fourth-order valence-electron chi connectivity index (χ4n) is 3.92. The Morgan fingerprint density at radius 1 is 1.17 bits per heavy atom. The van der Waals surface area contributed by atoms with Gasteiger partial charge >= 0.3 is 0 Å². The fourth-order valence-corrected chi connectivity index (χ4v) is 5.36. The predicted octanol–water partition coefficient (Wildman–Crippen LogP) is 2.27. The molecule has 8 heteroatoms. The van der Waals surface area contributed by atoms with Gasteiger partial charge in [-0.1, -0.05) is 13.0 Å². The number of likely N-dealkylation sites (tertiary alicyclic amines) is 1. The van der Waals surface area contributed by atoms with Gasteiger partial charge in [-0.05, 0) is 43.6 Å². The molecule has 2 aliphatic rings. The zero-order chi connectivity index (χ0) is 20.8. The molecule has 2 amide bonds. The van der Waals surface area contributed by atoms with Crippen molar-refractivity contribution in [2.45, 2.75) is 37.6 Å². The van der Waals surface area contributed by atoms with Crippen LogP contribution in [0.15, 0.2) is 18.2 Å². The molecule has 0 bridgehead atoms. The van der Waals surface area contributed by atoms with E-state index in [0.717, 1.165) is 25.2 Å². The maximum Gasteiger partial charge on any atom is 0.243 e. The van der Waals surface area contributed by atoms with Crippen LogP contribution in [0.2, 0.25) is 0 Å². The molecule has 0 aromatic heterocycles. The summed E-state index contributed by atoms with van der Waals surface area (Å²) in [4.78, 5) is 29.7. The van der Waals surface area contributed by atoms with Gasteiger partial charge in [-0.2, -0.15) is 0 Å². The van der Waals surface area contributed by atoms with Crippen molar-refractivity contribution in [2.24, 2.45) is 0 Å². The molecule has 1 aromatic carbocycles. The van der Waals surface area contributed by atoms with E-state index in [4.69, 9.17) is 9.47 Å². The summed E-state index contributed by atoms with van der Waals surface area (Å²) in [5, 5.41) is 2.83. The van der Waals surface area contributed by atoms with Gasteiger partial charge in [0.25, 0.3) is 0 Å². The lowest BCUT2D eigenvalue weighted by Crippen LogP contribution is -2.49. The van der Waals surface area contributed by atoms with Crippen LogP contribution in [0.5, 0.6) is 11.5 Å². The number of nitrogens with one attached hydrogen (secondary N) is 1. The highest BCUT2D eigenvalue weighted by atomic mass is 32.2. The summed E-state index contributed by atoms with van der Waals surface area (Å²) in [6.45, 7) is 5.54. The topological polar surface area (TPSA) is 71.1 Å². The number of amides is 2. The molecule has 0 spiro atoms. The van der Waals surface area contributed by atoms with E-state index in [-0.39, 0.29) is 17.2 Å². The number of ether oxygens (including phenoxy) is 2. The number of methoxy groups -OCH3 is 2. The Kier molecular flexibility index (Phi) is 7.66. The van der Waals surface area contributed by atoms with Gasteiger partial charge in [0.2, 0.25) is 11.8 Å². The molecule has 0 unspecified atom stereocenters. The molecule has 2 aliphatic heterocycles. The second-order valence-corrected chi connectivity index (χ2v) is 8.42. The zero-order valence-electron chi connectivity index (χ0n) is 17.5. The molecule has 2 saturated heterocycles. The van der Waals surface area contributed by atoms with E-state index in [0.29, 0.717) is 30.2 Å². The van der Waals surface area contributed by atoms with Crippen molar-refractivity contribution in [1.29, 1.82) is 0 Å². The van der Waals surface area contributed by atoms with E-state index in [1.165, 1.54) is 12.8 Å². The lowest BCUT2D eigenvalue weighted by Gasteiger charge is -2.29. The second kappa shape index (κ2) is 10.2. The van der Waals surface area contributed by atoms with Crippen LogP contribution in [-0.4, -0.2) is 73.8 Å². The lowest BCUT2D eigenvalue weighted by molar-refractivity contribution is -0.139. The van der Waals surface area contributed by atoms with Crippen molar-refractivity contribution >= 4 is 23.6 Å². The predicted molar refractivity (Wildman–Crippen MR) is 114 cm³/mol. The molecule has 3 rings (SSSR count). The van der Waals surface area contributed by atoms with Crippen LogP contribution in [0.1, 0.15) is 37.1 Å². The molecule has 1 N–H and O–H groups in total. The Morgan fingerprint density at radius 2 is 1.90 bits per heavy atom. The minimum absolute atomic E-state index is 0.0190. The minimum Gasteiger partial charge on any atom is -0.493 e. The van der Waals surface area contributed by atoms with Gasteiger partial charge in [0.15, 0.2) is 11.5 Å². The molecule has 0 aliphatic carbocycles. The number of nitrogens with zero attached hydrogens (tertiary/aromatic N) is 2. The average Bonchev–Trinajstić information content (AvgIpc) is 3.42. The highest BCUT2D eigenvalue weighted by Gasteiger charge is 2.41. The SMILES string of the molecule is CCC(=O)N1[C@H](C(=O)NCCN2CCCC2)CS[C@H]1c1ccc(OC)c(OC)c1. The minimum atomic E-state index is -0.455. The van der Waals surface area contributed by atoms with Crippen LogP contribution >= 0.6 is 11.8 Å². The van der Waals surface area contributed by atoms with Gasteiger partial charge in [0.1, 0.15) is 11.4 Å². The van der Waals surface area contributed by atoms with Crippen molar-refractivity contribution in [2.75, 3.05) is 46.2 Å². The Labute approximate surface area is 177 Å². The molecule has 2 heterocycles. The average molecular weight is 422 g/mol. The molecule has 2 fully saturated rings. The first-order valence-electron chi connectivity index (χ1n) is 10.2. The summed E-state index contributed by atoms with van der Waals surface area (Å²) >= 11 is 1.61. The van der Waals surface area contributed by atoms with Crippen LogP contribution in [0.4, 0.5) is 0 Å². The number of benzene rings is 1. The van der Waals surface area contributed by atoms with Crippen molar-refractivity contribution < 1.29 is 19.1 Å². The summed E-state index contributed by atoms with van der Waals surface area (Å²) in [6.07, 6.45) is 2.83. The van der Waals surface area contributed by atoms with Gasteiger partial charge < -0.3 is 24.6 Å². The number of rotatable bonds is 8. The molecule has 0 saturated carbocycles. The molecular weight excluding hydrogens is 390 g/mol. The number of carbonyl (C=O) groups excluding carboxylic acids is 2. The molecule has 0 radical (unpaired) electrons. The molecule has 2 atom stereocenters. The van der Waals surface area contributed by atoms with Gasteiger partial charge in [0, 0.05) is 25.3 Å². The number of hydrogen-bond donors (Lipinski definition) is 1. The molecule has 7 nitrogen and oxygen atoms in total. The van der Waals surface area contributed by atoms with Gasteiger partial charge in [-0.3, -0.25) is 9.59 Å². The second-order valence-electron chi connectivity index (χ2n) is 7.31. The van der Waals surface area contributed by atoms with Crippen molar-refractivity contribution in [3.8, 4) is 11.5 Å². The van der Waals surface area contributed by atoms with Gasteiger partial charge in [0.05, 0.1) is 14.2 Å². The highest BCUT2D eigenvalue weighted by Crippen LogP contribution is 2.44. The molecule has 29 heavy (non-hydrogen) atoms. The normalized spacial score (nSPS) is 22.0. The van der Waals surface area contributed by atoms with E-state index < -0.39 is 6.04 Å². The summed E-state index contributed by atoms with van der Waals surface area (Å²) in [7, 11) is 3.19. The summed E-state index contributed by atoms with van der Waals surface area (Å²) in [5.74, 6) is 1.76. The zero-order valence-corrected chi connectivity index (χ0v) is 18.3. The Bertz CT molecular complexity index is 724. The first-order chi connectivity index (χ1) is 14.1. The summed E-state index contributed by atoms with van der Waals surface area (Å²) in [5.41, 5.74) is 0.932. The highest BCUT2D eigenvalue weighted by molar-refractivity contribution is 7.99. The third-order valence-electron chi connectivity index (χ3n) is 5.51. The third kappa shape index (κ3) is 4.98. The Hall–Kier alpha value is -1.93. The number of carbonyl (C=O) groups is 2. The Morgan fingerprint density at radius 3 is 2.55 bits per heavy atom. The maximum absolute atomic E-state index is 12.9. The molecule has 1 aromatic rings. The van der Waals surface area contributed by atoms with E-state index in [9.17, 15) is 9.59 Å². The first kappa shape index (κ1) is 21.8. The quantitative estimate of drug-likeness (QED) is 0.694. The molecule has 160 valence electrons. The van der Waals surface area contributed by atoms with Crippen molar-refractivity contribution in [3.05, 3.63) is 23.8 Å². The van der Waals surface area contributed by atoms with Crippen LogP contribution in [0.25, 0.3) is 0 Å². The summed E-state index contributed by atoms with van der Waals surface area (Å²) in [6, 6.07) is 5.21. The number of thioether (sulfide) groups is 1. The fraction of sp³-hybridized carbons (Fsp3) is 0.619. The maximum atomic E-state index is 12.9. The smallest absolute Gasteiger partial charge is 0.243 e. The standard InChI is InChI=1S/C21H31N3O4S/c1-4-19(25)24-16(20(26)22-9-12-23-10-5-6-11-23)14-29-21(24)15-7-8-17(27-2)18(13-15)28-3/h7-8,13,16,21H,4-6,9-12,14H2,1-3H3,(H,22,26)/t16-,21-/m0/s1. The van der Waals surface area contributed by atoms with E-state index in [2.05, 4.69) is 10.2 Å². The lowest BCUT2D eigenvalue weighted by atomic mass is 10.1. The van der Waals surface area contributed by atoms with Crippen LogP contribution in [0, 0.1) is 0 Å². The Balaban J connectivity index is 1.71. The monoisotopic (exact) mass is 421 g/mol. The molecular formula is C21H31N3O4S. The van der Waals surface area contributed by atoms with Crippen LogP contribution in [0.3, 0.4) is 0 Å². The van der Waals surface area contributed by atoms with E-state index in [1.54, 1.807) is 30.9 Å². The van der Waals surface area contributed by atoms with E-state index >= 15 is 0 Å². The van der Waals surface area contributed by atoms with Crippen molar-refractivity contribution in [1.82, 2.24) is 15.1 Å². The third-order valence-corrected chi connectivity index (χ3v) is 6.84. The largest absolute Gasteiger partial charge is 0.493 e. The van der Waals surface area contributed by atoms with Crippen LogP contribution < -0.4 is 14.8 Å². The number of hydrogen-bond acceptors (Lipinski definition) is 6. The van der Waals surface area contributed by atoms with Crippen molar-refractivity contribution in [3.63, 3.8) is 0 Å². The van der Waals surface area contributed by atoms with E-state index in [1.807, 2.05) is 25.1 Å². The van der Waals surface area contributed by atoms with Gasteiger partial charge in [-0.25, -0.2) is 0 Å². The summed E-state index contributed by atoms with van der Waals surface area (Å²) < 4.78 is 10.7. The van der Waals surface area contributed by atoms with Gasteiger partial charge in [-0.15, -0.1) is 11.8 Å². The van der Waals surface area contributed by atoms with Crippen LogP contribution in [-0.2, 0) is 9.59 Å².